The van der Waals surface area contributed by atoms with E-state index in [4.69, 9.17) is 17.3 Å². The summed E-state index contributed by atoms with van der Waals surface area (Å²) in [4.78, 5) is 16.1. The van der Waals surface area contributed by atoms with Crippen LogP contribution >= 0.6 is 11.6 Å². The zero-order chi connectivity index (χ0) is 14.0. The Morgan fingerprint density at radius 1 is 1.26 bits per heavy atom. The number of pyridine rings is 1. The number of nitrogens with two attached hydrogens (primary N) is 1. The lowest BCUT2D eigenvalue weighted by Gasteiger charge is -2.09. The first-order valence-corrected chi connectivity index (χ1v) is 6.42. The molecule has 2 N–H and O–H groups in total. The van der Waals surface area contributed by atoms with E-state index in [0.717, 1.165) is 11.1 Å². The predicted molar refractivity (Wildman–Crippen MR) is 78.3 cm³/mol. The number of aromatic nitrogens is 1. The molecule has 0 saturated carbocycles. The molecule has 1 heterocycles. The maximum absolute atomic E-state index is 11.9. The second-order valence-electron chi connectivity index (χ2n) is 4.69. The fourth-order valence-electron chi connectivity index (χ4n) is 1.79. The van der Waals surface area contributed by atoms with E-state index in [2.05, 4.69) is 4.98 Å². The number of benzene rings is 1. The van der Waals surface area contributed by atoms with Crippen molar-refractivity contribution in [2.24, 2.45) is 5.92 Å². The van der Waals surface area contributed by atoms with E-state index in [-0.39, 0.29) is 11.7 Å². The average Bonchev–Trinajstić information content (AvgIpc) is 2.37. The number of hydrogen-bond donors (Lipinski definition) is 1. The van der Waals surface area contributed by atoms with Crippen molar-refractivity contribution in [1.82, 2.24) is 4.98 Å². The smallest absolute Gasteiger partial charge is 0.185 e. The van der Waals surface area contributed by atoms with Gasteiger partial charge in [0, 0.05) is 22.7 Å². The average molecular weight is 275 g/mol. The summed E-state index contributed by atoms with van der Waals surface area (Å²) in [6.45, 7) is 3.66. The van der Waals surface area contributed by atoms with Crippen LogP contribution in [0.15, 0.2) is 36.5 Å². The third-order valence-electron chi connectivity index (χ3n) is 2.83. The van der Waals surface area contributed by atoms with E-state index in [0.29, 0.717) is 16.4 Å². The molecule has 4 heteroatoms. The molecule has 0 spiro atoms. The van der Waals surface area contributed by atoms with Crippen molar-refractivity contribution >= 4 is 23.1 Å². The number of anilines is 1. The van der Waals surface area contributed by atoms with Crippen LogP contribution in [0.5, 0.6) is 0 Å². The van der Waals surface area contributed by atoms with Crippen LogP contribution in [-0.2, 0) is 0 Å². The highest BCUT2D eigenvalue weighted by Gasteiger charge is 2.15. The van der Waals surface area contributed by atoms with Crippen molar-refractivity contribution in [3.05, 3.63) is 47.2 Å². The number of Topliss-reactive ketones (excluding diaryl/α,β-unsaturated/α-hetero) is 1. The SMILES string of the molecule is CC(C)C(=O)c1ncc(-c2cccc(Cl)c2)cc1N. The lowest BCUT2D eigenvalue weighted by atomic mass is 10.0. The maximum Gasteiger partial charge on any atom is 0.185 e. The molecule has 0 unspecified atom stereocenters. The molecule has 0 aliphatic rings. The molecule has 2 aromatic rings. The number of ketones is 1. The summed E-state index contributed by atoms with van der Waals surface area (Å²) in [5.74, 6) is -0.165. The van der Waals surface area contributed by atoms with Gasteiger partial charge in [-0.05, 0) is 23.8 Å². The molecule has 2 rings (SSSR count). The number of rotatable bonds is 3. The molecule has 19 heavy (non-hydrogen) atoms. The van der Waals surface area contributed by atoms with Gasteiger partial charge in [-0.3, -0.25) is 9.78 Å². The fourth-order valence-corrected chi connectivity index (χ4v) is 1.98. The van der Waals surface area contributed by atoms with Crippen LogP contribution in [0, 0.1) is 5.92 Å². The van der Waals surface area contributed by atoms with Crippen LogP contribution in [0.3, 0.4) is 0 Å². The Morgan fingerprint density at radius 2 is 2.00 bits per heavy atom. The monoisotopic (exact) mass is 274 g/mol. The third-order valence-corrected chi connectivity index (χ3v) is 3.07. The summed E-state index contributed by atoms with van der Waals surface area (Å²) >= 11 is 5.95. The molecule has 98 valence electrons. The minimum atomic E-state index is -0.119. The van der Waals surface area contributed by atoms with Gasteiger partial charge in [0.1, 0.15) is 5.69 Å². The van der Waals surface area contributed by atoms with Crippen LogP contribution in [-0.4, -0.2) is 10.8 Å². The molecule has 3 nitrogen and oxygen atoms in total. The maximum atomic E-state index is 11.9. The Morgan fingerprint density at radius 3 is 2.58 bits per heavy atom. The molecule has 0 atom stereocenters. The molecule has 0 aliphatic heterocycles. The third kappa shape index (κ3) is 2.93. The highest BCUT2D eigenvalue weighted by atomic mass is 35.5. The van der Waals surface area contributed by atoms with Gasteiger partial charge in [0.25, 0.3) is 0 Å². The summed E-state index contributed by atoms with van der Waals surface area (Å²) < 4.78 is 0. The second kappa shape index (κ2) is 5.41. The van der Waals surface area contributed by atoms with Gasteiger partial charge in [-0.15, -0.1) is 0 Å². The lowest BCUT2D eigenvalue weighted by Crippen LogP contribution is -2.12. The Kier molecular flexibility index (Phi) is 3.86. The van der Waals surface area contributed by atoms with Gasteiger partial charge in [0.05, 0.1) is 5.69 Å². The molecule has 0 aliphatic carbocycles. The van der Waals surface area contributed by atoms with Gasteiger partial charge >= 0.3 is 0 Å². The quantitative estimate of drug-likeness (QED) is 0.866. The van der Waals surface area contributed by atoms with Gasteiger partial charge in [-0.2, -0.15) is 0 Å². The van der Waals surface area contributed by atoms with E-state index >= 15 is 0 Å². The lowest BCUT2D eigenvalue weighted by molar-refractivity contribution is 0.0935. The van der Waals surface area contributed by atoms with Gasteiger partial charge in [-0.25, -0.2) is 0 Å². The standard InChI is InChI=1S/C15H15ClN2O/c1-9(2)15(19)14-13(17)7-11(8-18-14)10-4-3-5-12(16)6-10/h3-9H,17H2,1-2H3. The molecule has 0 fully saturated rings. The molecule has 1 aromatic carbocycles. The largest absolute Gasteiger partial charge is 0.397 e. The summed E-state index contributed by atoms with van der Waals surface area (Å²) in [6, 6.07) is 9.18. The van der Waals surface area contributed by atoms with E-state index < -0.39 is 0 Å². The van der Waals surface area contributed by atoms with Crippen LogP contribution in [0.25, 0.3) is 11.1 Å². The molecule has 0 radical (unpaired) electrons. The normalized spacial score (nSPS) is 10.7. The zero-order valence-corrected chi connectivity index (χ0v) is 11.6. The zero-order valence-electron chi connectivity index (χ0n) is 10.9. The van der Waals surface area contributed by atoms with Crippen LogP contribution in [0.2, 0.25) is 5.02 Å². The number of nitrogens with zero attached hydrogens (tertiary/aromatic N) is 1. The van der Waals surface area contributed by atoms with Gasteiger partial charge in [0.2, 0.25) is 0 Å². The number of nitrogen functional groups attached to an aromatic ring is 1. The summed E-state index contributed by atoms with van der Waals surface area (Å²) in [5, 5.41) is 0.651. The predicted octanol–water partition coefficient (Wildman–Crippen LogP) is 3.82. The van der Waals surface area contributed by atoms with Crippen LogP contribution in [0.1, 0.15) is 24.3 Å². The van der Waals surface area contributed by atoms with Crippen molar-refractivity contribution in [2.75, 3.05) is 5.73 Å². The van der Waals surface area contributed by atoms with Crippen molar-refractivity contribution in [1.29, 1.82) is 0 Å². The first kappa shape index (κ1) is 13.6. The van der Waals surface area contributed by atoms with Crippen LogP contribution < -0.4 is 5.73 Å². The first-order valence-electron chi connectivity index (χ1n) is 6.04. The van der Waals surface area contributed by atoms with Crippen molar-refractivity contribution in [2.45, 2.75) is 13.8 Å². The Hall–Kier alpha value is -1.87. The summed E-state index contributed by atoms with van der Waals surface area (Å²) in [6.07, 6.45) is 1.65. The van der Waals surface area contributed by atoms with Gasteiger partial charge < -0.3 is 5.73 Å². The van der Waals surface area contributed by atoms with Gasteiger partial charge in [-0.1, -0.05) is 37.6 Å². The first-order chi connectivity index (χ1) is 8.99. The topological polar surface area (TPSA) is 56.0 Å². The van der Waals surface area contributed by atoms with Crippen molar-refractivity contribution in [3.63, 3.8) is 0 Å². The Bertz CT molecular complexity index is 623. The minimum Gasteiger partial charge on any atom is -0.397 e. The minimum absolute atomic E-state index is 0.0462. The van der Waals surface area contributed by atoms with E-state index in [9.17, 15) is 4.79 Å². The second-order valence-corrected chi connectivity index (χ2v) is 5.13. The number of halogens is 1. The Balaban J connectivity index is 2.42. The number of hydrogen-bond acceptors (Lipinski definition) is 3. The Labute approximate surface area is 117 Å². The fraction of sp³-hybridized carbons (Fsp3) is 0.200. The molecule has 0 saturated heterocycles. The summed E-state index contributed by atoms with van der Waals surface area (Å²) in [5.41, 5.74) is 8.43. The van der Waals surface area contributed by atoms with E-state index in [1.54, 1.807) is 18.3 Å². The molecule has 0 bridgehead atoms. The number of carbonyl (C=O) groups excluding carboxylic acids is 1. The highest BCUT2D eigenvalue weighted by molar-refractivity contribution is 6.30. The summed E-state index contributed by atoms with van der Waals surface area (Å²) in [7, 11) is 0. The number of carbonyl (C=O) groups is 1. The van der Waals surface area contributed by atoms with Crippen molar-refractivity contribution < 1.29 is 4.79 Å². The van der Waals surface area contributed by atoms with Crippen molar-refractivity contribution in [3.8, 4) is 11.1 Å². The van der Waals surface area contributed by atoms with Gasteiger partial charge in [0.15, 0.2) is 5.78 Å². The molecular weight excluding hydrogens is 260 g/mol. The molecule has 1 aromatic heterocycles. The van der Waals surface area contributed by atoms with E-state index in [1.165, 1.54) is 0 Å². The molecular formula is C15H15ClN2O. The molecule has 0 amide bonds. The van der Waals surface area contributed by atoms with E-state index in [1.807, 2.05) is 32.0 Å². The highest BCUT2D eigenvalue weighted by Crippen LogP contribution is 2.25. The van der Waals surface area contributed by atoms with Crippen LogP contribution in [0.4, 0.5) is 5.69 Å².